The van der Waals surface area contributed by atoms with Crippen molar-refractivity contribution >= 4 is 11.0 Å². The van der Waals surface area contributed by atoms with Gasteiger partial charge in [0.1, 0.15) is 0 Å². The monoisotopic (exact) mass is 264 g/mol. The Morgan fingerprint density at radius 3 is 3.00 bits per heavy atom. The van der Waals surface area contributed by atoms with Gasteiger partial charge in [0.05, 0.1) is 17.1 Å². The number of hydrogen-bond acceptors (Lipinski definition) is 3. The summed E-state index contributed by atoms with van der Waals surface area (Å²) in [5.41, 5.74) is 2.37. The van der Waals surface area contributed by atoms with Crippen LogP contribution in [0.15, 0.2) is 23.0 Å². The molecule has 1 aliphatic heterocycles. The number of rotatable bonds is 2. The molecule has 2 heterocycles. The molecule has 1 aromatic heterocycles. The van der Waals surface area contributed by atoms with Gasteiger partial charge in [0.2, 0.25) is 0 Å². The van der Waals surface area contributed by atoms with Crippen molar-refractivity contribution in [1.82, 2.24) is 14.9 Å². The second-order valence-corrected chi connectivity index (χ2v) is 5.49. The molecule has 19 heavy (non-hydrogen) atoms. The summed E-state index contributed by atoms with van der Waals surface area (Å²) in [5.74, 6) is 0. The molecule has 1 aromatic carbocycles. The molecule has 0 saturated carbocycles. The molecule has 102 valence electrons. The van der Waals surface area contributed by atoms with E-state index in [2.05, 4.69) is 24.1 Å². The third kappa shape index (κ3) is 1.99. The third-order valence-corrected chi connectivity index (χ3v) is 3.73. The van der Waals surface area contributed by atoms with Crippen LogP contribution in [0.3, 0.4) is 0 Å². The van der Waals surface area contributed by atoms with Gasteiger partial charge in [0, 0.05) is 24.2 Å². The Kier molecular flexibility index (Phi) is 2.95. The molecule has 0 bridgehead atoms. The van der Waals surface area contributed by atoms with E-state index < -0.39 is 6.10 Å². The maximum absolute atomic E-state index is 11.9. The highest BCUT2D eigenvalue weighted by Gasteiger charge is 2.28. The minimum absolute atomic E-state index is 0.0232. The van der Waals surface area contributed by atoms with Crippen LogP contribution in [0.5, 0.6) is 0 Å². The maximum atomic E-state index is 11.9. The standard InChI is InChI=1S/C14H19N3O2/c1-8(2)15-11-6-7-17-12-9(13(11)18)4-3-5-10(12)16-14(17)19/h3-5,8,11,13,15,18H,6-7H2,1-2H3,(H,16,19)/t11-,13-/m1/s1/i1+1,2+1,8+1. The summed E-state index contributed by atoms with van der Waals surface area (Å²) in [7, 11) is 0. The smallest absolute Gasteiger partial charge is 0.326 e. The lowest BCUT2D eigenvalue weighted by molar-refractivity contribution is 0.121. The SMILES string of the molecule is [13CH3][13CH]([13CH3])N[C@@H]1CCn2c(=O)[nH]c3cccc(c32)[C@H]1O. The highest BCUT2D eigenvalue weighted by Crippen LogP contribution is 2.29. The first-order valence-electron chi connectivity index (χ1n) is 6.73. The van der Waals surface area contributed by atoms with Crippen molar-refractivity contribution in [2.45, 2.75) is 45.0 Å². The number of aliphatic hydroxyl groups is 1. The van der Waals surface area contributed by atoms with Gasteiger partial charge in [-0.25, -0.2) is 4.79 Å². The van der Waals surface area contributed by atoms with E-state index in [1.54, 1.807) is 4.57 Å². The van der Waals surface area contributed by atoms with Crippen molar-refractivity contribution in [2.24, 2.45) is 0 Å². The van der Waals surface area contributed by atoms with E-state index in [4.69, 9.17) is 0 Å². The molecule has 0 unspecified atom stereocenters. The molecule has 2 aromatic rings. The lowest BCUT2D eigenvalue weighted by Crippen LogP contribution is -2.39. The van der Waals surface area contributed by atoms with Crippen LogP contribution < -0.4 is 11.0 Å². The van der Waals surface area contributed by atoms with Gasteiger partial charge in [-0.15, -0.1) is 0 Å². The third-order valence-electron chi connectivity index (χ3n) is 3.73. The number of aromatic nitrogens is 2. The number of nitrogens with zero attached hydrogens (tertiary/aromatic N) is 1. The fourth-order valence-corrected chi connectivity index (χ4v) is 2.95. The Balaban J connectivity index is 2.14. The van der Waals surface area contributed by atoms with Crippen LogP contribution in [0.25, 0.3) is 11.0 Å². The molecule has 2 atom stereocenters. The number of aliphatic hydroxyl groups excluding tert-OH is 1. The molecule has 5 heteroatoms. The lowest BCUT2D eigenvalue weighted by Gasteiger charge is -2.24. The van der Waals surface area contributed by atoms with E-state index in [-0.39, 0.29) is 11.7 Å². The van der Waals surface area contributed by atoms with Crippen molar-refractivity contribution in [1.29, 1.82) is 0 Å². The number of H-pyrrole nitrogens is 1. The number of hydrogen-bond donors (Lipinski definition) is 3. The van der Waals surface area contributed by atoms with E-state index in [0.29, 0.717) is 12.6 Å². The average Bonchev–Trinajstić information content (AvgIpc) is 2.61. The van der Waals surface area contributed by atoms with Crippen molar-refractivity contribution in [3.05, 3.63) is 34.2 Å². The van der Waals surface area contributed by atoms with E-state index in [1.165, 1.54) is 0 Å². The van der Waals surface area contributed by atoms with Crippen LogP contribution >= 0.6 is 0 Å². The van der Waals surface area contributed by atoms with Gasteiger partial charge in [0.25, 0.3) is 0 Å². The molecular weight excluding hydrogens is 245 g/mol. The molecule has 0 saturated heterocycles. The normalized spacial score (nSPS) is 22.9. The van der Waals surface area contributed by atoms with Crippen molar-refractivity contribution in [3.63, 3.8) is 0 Å². The largest absolute Gasteiger partial charge is 0.387 e. The average molecular weight is 264 g/mol. The maximum Gasteiger partial charge on any atom is 0.326 e. The zero-order valence-electron chi connectivity index (χ0n) is 11.2. The van der Waals surface area contributed by atoms with Gasteiger partial charge in [-0.05, 0) is 12.5 Å². The van der Waals surface area contributed by atoms with Crippen LogP contribution in [0.1, 0.15) is 31.9 Å². The molecule has 0 spiro atoms. The van der Waals surface area contributed by atoms with Crippen molar-refractivity contribution in [3.8, 4) is 0 Å². The Hall–Kier alpha value is -1.59. The van der Waals surface area contributed by atoms with E-state index in [1.807, 2.05) is 18.2 Å². The Labute approximate surface area is 111 Å². The van der Waals surface area contributed by atoms with Crippen LogP contribution in [-0.2, 0) is 6.54 Å². The topological polar surface area (TPSA) is 70.0 Å². The van der Waals surface area contributed by atoms with Crippen LogP contribution in [0, 0.1) is 0 Å². The van der Waals surface area contributed by atoms with E-state index in [0.717, 1.165) is 23.0 Å². The zero-order chi connectivity index (χ0) is 13.6. The molecule has 1 aliphatic rings. The van der Waals surface area contributed by atoms with Crippen LogP contribution in [0.2, 0.25) is 0 Å². The molecular formula is C14H19N3O2. The van der Waals surface area contributed by atoms with Gasteiger partial charge in [0.15, 0.2) is 0 Å². The summed E-state index contributed by atoms with van der Waals surface area (Å²) in [5, 5.41) is 14.0. The molecule has 0 radical (unpaired) electrons. The van der Waals surface area contributed by atoms with Crippen molar-refractivity contribution in [2.75, 3.05) is 0 Å². The summed E-state index contributed by atoms with van der Waals surface area (Å²) in [6.45, 7) is 4.74. The summed E-state index contributed by atoms with van der Waals surface area (Å²) < 4.78 is 1.73. The molecule has 3 rings (SSSR count). The molecule has 0 aliphatic carbocycles. The first-order valence-corrected chi connectivity index (χ1v) is 6.73. The molecule has 3 N–H and O–H groups in total. The highest BCUT2D eigenvalue weighted by atomic mass is 16.3. The Morgan fingerprint density at radius 1 is 1.47 bits per heavy atom. The zero-order valence-corrected chi connectivity index (χ0v) is 11.2. The van der Waals surface area contributed by atoms with Gasteiger partial charge < -0.3 is 15.4 Å². The molecule has 0 fully saturated rings. The van der Waals surface area contributed by atoms with Gasteiger partial charge >= 0.3 is 5.69 Å². The number of nitrogens with one attached hydrogen (secondary N) is 2. The molecule has 5 nitrogen and oxygen atoms in total. The van der Waals surface area contributed by atoms with Gasteiger partial charge in [-0.3, -0.25) is 4.57 Å². The van der Waals surface area contributed by atoms with Crippen molar-refractivity contribution < 1.29 is 5.11 Å². The number of aromatic amines is 1. The number of benzene rings is 1. The lowest BCUT2D eigenvalue weighted by atomic mass is 10.0. The Morgan fingerprint density at radius 2 is 2.26 bits per heavy atom. The predicted molar refractivity (Wildman–Crippen MR) is 74.2 cm³/mol. The highest BCUT2D eigenvalue weighted by molar-refractivity contribution is 5.79. The summed E-state index contributed by atoms with van der Waals surface area (Å²) in [6, 6.07) is 5.93. The fourth-order valence-electron chi connectivity index (χ4n) is 2.95. The second kappa shape index (κ2) is 4.51. The number of imidazole rings is 1. The van der Waals surface area contributed by atoms with Gasteiger partial charge in [-0.2, -0.15) is 0 Å². The summed E-state index contributed by atoms with van der Waals surface area (Å²) >= 11 is 0. The minimum Gasteiger partial charge on any atom is -0.387 e. The summed E-state index contributed by atoms with van der Waals surface area (Å²) in [6.07, 6.45) is 0.149. The van der Waals surface area contributed by atoms with Gasteiger partial charge in [-0.1, -0.05) is 26.0 Å². The Bertz CT molecular complexity index is 656. The first kappa shape index (κ1) is 12.4. The van der Waals surface area contributed by atoms with Crippen LogP contribution in [-0.4, -0.2) is 26.7 Å². The van der Waals surface area contributed by atoms with Crippen LogP contribution in [0.4, 0.5) is 0 Å². The predicted octanol–water partition coefficient (Wildman–Crippen LogP) is 1.13. The van der Waals surface area contributed by atoms with E-state index >= 15 is 0 Å². The first-order chi connectivity index (χ1) is 9.08. The van der Waals surface area contributed by atoms with E-state index in [9.17, 15) is 9.90 Å². The summed E-state index contributed by atoms with van der Waals surface area (Å²) in [4.78, 5) is 14.8. The number of para-hydroxylation sites is 1. The quantitative estimate of drug-likeness (QED) is 0.712. The fraction of sp³-hybridized carbons (Fsp3) is 0.500. The minimum atomic E-state index is -0.588. The second-order valence-electron chi connectivity index (χ2n) is 5.49. The number of aryl methyl sites for hydroxylation is 1. The molecule has 0 amide bonds.